The number of hydrogen-bond acceptors (Lipinski definition) is 5. The van der Waals surface area contributed by atoms with Crippen molar-refractivity contribution in [3.8, 4) is 0 Å². The highest BCUT2D eigenvalue weighted by molar-refractivity contribution is 5.73. The average Bonchev–Trinajstić information content (AvgIpc) is 2.07. The van der Waals surface area contributed by atoms with Crippen molar-refractivity contribution in [3.63, 3.8) is 0 Å². The molecule has 0 aliphatic carbocycles. The average molecular weight is 179 g/mol. The van der Waals surface area contributed by atoms with Gasteiger partial charge in [-0.1, -0.05) is 0 Å². The summed E-state index contributed by atoms with van der Waals surface area (Å²) in [6.45, 7) is -1.56. The number of aliphatic hydroxyl groups is 3. The van der Waals surface area contributed by atoms with Gasteiger partial charge >= 0.3 is 5.97 Å². The molecule has 0 aromatic carbocycles. The van der Waals surface area contributed by atoms with E-state index in [1.54, 1.807) is 0 Å². The maximum Gasteiger partial charge on any atom is 0.335 e. The van der Waals surface area contributed by atoms with Gasteiger partial charge in [-0.3, -0.25) is 0 Å². The van der Waals surface area contributed by atoms with Gasteiger partial charge in [-0.15, -0.1) is 0 Å². The molecule has 1 fully saturated rings. The van der Waals surface area contributed by atoms with Crippen LogP contribution in [-0.4, -0.2) is 57.4 Å². The minimum atomic E-state index is -1.71. The van der Waals surface area contributed by atoms with Crippen LogP contribution in [0.25, 0.3) is 0 Å². The number of carbonyl (C=O) groups is 1. The SMILES string of the molecule is [2H][C@@H]1O[C@H](C(=O)O)[C@@H](O)[C@@H](O)[C@@H]1O. The van der Waals surface area contributed by atoms with E-state index in [0.717, 1.165) is 0 Å². The Morgan fingerprint density at radius 3 is 2.50 bits per heavy atom. The molecule has 0 aromatic heterocycles. The molecule has 0 radical (unpaired) electrons. The van der Waals surface area contributed by atoms with Crippen LogP contribution in [0.4, 0.5) is 0 Å². The number of aliphatic hydroxyl groups excluding tert-OH is 3. The topological polar surface area (TPSA) is 107 Å². The molecule has 1 rings (SSSR count). The maximum atomic E-state index is 10.4. The Hall–Kier alpha value is -0.690. The van der Waals surface area contributed by atoms with Gasteiger partial charge in [0, 0.05) is 0 Å². The zero-order valence-electron chi connectivity index (χ0n) is 6.99. The molecule has 0 aromatic rings. The first-order valence-electron chi connectivity index (χ1n) is 3.87. The summed E-state index contributed by atoms with van der Waals surface area (Å²) in [6.07, 6.45) is -6.64. The first kappa shape index (κ1) is 7.93. The van der Waals surface area contributed by atoms with Crippen LogP contribution in [0.2, 0.25) is 0 Å². The molecule has 5 atom stereocenters. The largest absolute Gasteiger partial charge is 0.479 e. The van der Waals surface area contributed by atoms with E-state index >= 15 is 0 Å². The molecule has 1 saturated heterocycles. The molecule has 0 unspecified atom stereocenters. The van der Waals surface area contributed by atoms with Crippen molar-refractivity contribution in [1.82, 2.24) is 0 Å². The predicted molar refractivity (Wildman–Crippen MR) is 35.4 cm³/mol. The lowest BCUT2D eigenvalue weighted by Gasteiger charge is -2.32. The number of aliphatic carboxylic acids is 1. The zero-order chi connectivity index (χ0) is 10.2. The van der Waals surface area contributed by atoms with Gasteiger partial charge in [0.15, 0.2) is 6.10 Å². The van der Waals surface area contributed by atoms with Crippen LogP contribution in [0.15, 0.2) is 0 Å². The van der Waals surface area contributed by atoms with Crippen LogP contribution in [0.1, 0.15) is 1.37 Å². The van der Waals surface area contributed by atoms with Gasteiger partial charge in [0.1, 0.15) is 18.3 Å². The Labute approximate surface area is 69.4 Å². The second-order valence-electron chi connectivity index (χ2n) is 2.50. The summed E-state index contributed by atoms with van der Waals surface area (Å²) in [5, 5.41) is 35.6. The minimum absolute atomic E-state index is 1.48. The third-order valence-corrected chi connectivity index (χ3v) is 1.62. The first-order valence-corrected chi connectivity index (χ1v) is 3.30. The van der Waals surface area contributed by atoms with Crippen molar-refractivity contribution in [2.75, 3.05) is 6.58 Å². The molecule has 1 aliphatic heterocycles. The lowest BCUT2D eigenvalue weighted by molar-refractivity contribution is -0.201. The zero-order valence-corrected chi connectivity index (χ0v) is 5.99. The molecule has 12 heavy (non-hydrogen) atoms. The quantitative estimate of drug-likeness (QED) is 0.356. The molecular weight excluding hydrogens is 168 g/mol. The Balaban J connectivity index is 2.76. The smallest absolute Gasteiger partial charge is 0.335 e. The van der Waals surface area contributed by atoms with Crippen LogP contribution in [0, 0.1) is 0 Å². The second-order valence-corrected chi connectivity index (χ2v) is 2.50. The van der Waals surface area contributed by atoms with Crippen LogP contribution in [0.5, 0.6) is 0 Å². The minimum Gasteiger partial charge on any atom is -0.479 e. The summed E-state index contributed by atoms with van der Waals surface area (Å²) in [4.78, 5) is 10.4. The maximum absolute atomic E-state index is 10.4. The Bertz CT molecular complexity index is 209. The van der Waals surface area contributed by atoms with Gasteiger partial charge in [0.25, 0.3) is 0 Å². The molecule has 0 spiro atoms. The van der Waals surface area contributed by atoms with E-state index < -0.39 is 37.0 Å². The highest BCUT2D eigenvalue weighted by Gasteiger charge is 2.41. The second kappa shape index (κ2) is 3.36. The summed E-state index contributed by atoms with van der Waals surface area (Å²) in [5.41, 5.74) is 0. The van der Waals surface area contributed by atoms with Crippen LogP contribution >= 0.6 is 0 Å². The number of rotatable bonds is 1. The van der Waals surface area contributed by atoms with Gasteiger partial charge in [-0.2, -0.15) is 0 Å². The summed E-state index contributed by atoms with van der Waals surface area (Å²) in [7, 11) is 0. The molecule has 70 valence electrons. The number of carboxylic acids is 1. The highest BCUT2D eigenvalue weighted by Crippen LogP contribution is 2.15. The van der Waals surface area contributed by atoms with E-state index in [1.807, 2.05) is 0 Å². The lowest BCUT2D eigenvalue weighted by atomic mass is 10.0. The number of hydrogen-bond donors (Lipinski definition) is 4. The van der Waals surface area contributed by atoms with Gasteiger partial charge in [0.05, 0.1) is 7.95 Å². The standard InChI is InChI=1S/C6H10O6/c7-2-1-12-5(6(10)11)4(9)3(2)8/h2-5,7-9H,1H2,(H,10,11)/t2-,3+,4+,5+/m1/s1/i1D/t1-,2+,3-,4-,5-/m0. The molecule has 6 nitrogen and oxygen atoms in total. The molecule has 0 saturated carbocycles. The summed E-state index contributed by atoms with van der Waals surface area (Å²) >= 11 is 0. The molecule has 0 bridgehead atoms. The van der Waals surface area contributed by atoms with Gasteiger partial charge in [-0.25, -0.2) is 4.79 Å². The van der Waals surface area contributed by atoms with Crippen molar-refractivity contribution in [2.45, 2.75) is 24.4 Å². The third kappa shape index (κ3) is 1.56. The van der Waals surface area contributed by atoms with E-state index in [1.165, 1.54) is 0 Å². The number of carboxylic acid groups (broad SMARTS) is 1. The molecule has 0 amide bonds. The number of ether oxygens (including phenoxy) is 1. The lowest BCUT2D eigenvalue weighted by Crippen LogP contribution is -2.55. The van der Waals surface area contributed by atoms with Crippen LogP contribution in [0.3, 0.4) is 0 Å². The molecule has 1 aliphatic rings. The summed E-state index contributed by atoms with van der Waals surface area (Å²) in [5.74, 6) is -1.48. The molecule has 6 heteroatoms. The van der Waals surface area contributed by atoms with E-state index in [4.69, 9.17) is 21.8 Å². The normalized spacial score (nSPS) is 49.9. The molecular formula is C6H10O6. The Kier molecular flexibility index (Phi) is 2.22. The Morgan fingerprint density at radius 1 is 1.42 bits per heavy atom. The summed E-state index contributed by atoms with van der Waals surface area (Å²) in [6, 6.07) is 0. The fourth-order valence-electron chi connectivity index (χ4n) is 0.912. The van der Waals surface area contributed by atoms with E-state index in [0.29, 0.717) is 0 Å². The van der Waals surface area contributed by atoms with Crippen LogP contribution in [-0.2, 0) is 9.53 Å². The van der Waals surface area contributed by atoms with Crippen molar-refractivity contribution < 1.29 is 31.3 Å². The van der Waals surface area contributed by atoms with Crippen molar-refractivity contribution in [2.24, 2.45) is 0 Å². The fraction of sp³-hybridized carbons (Fsp3) is 0.833. The van der Waals surface area contributed by atoms with Crippen LogP contribution < -0.4 is 0 Å². The highest BCUT2D eigenvalue weighted by atomic mass is 16.5. The van der Waals surface area contributed by atoms with E-state index in [2.05, 4.69) is 4.74 Å². The predicted octanol–water partition coefficient (Wildman–Crippen LogP) is -2.45. The molecule has 4 N–H and O–H groups in total. The van der Waals surface area contributed by atoms with Crippen molar-refractivity contribution in [3.05, 3.63) is 0 Å². The first-order chi connectivity index (χ1) is 5.95. The fourth-order valence-corrected chi connectivity index (χ4v) is 0.912. The van der Waals surface area contributed by atoms with Gasteiger partial charge < -0.3 is 25.2 Å². The van der Waals surface area contributed by atoms with E-state index in [9.17, 15) is 4.79 Å². The third-order valence-electron chi connectivity index (χ3n) is 1.62. The van der Waals surface area contributed by atoms with E-state index in [-0.39, 0.29) is 0 Å². The summed E-state index contributed by atoms with van der Waals surface area (Å²) < 4.78 is 11.5. The van der Waals surface area contributed by atoms with Gasteiger partial charge in [-0.05, 0) is 0 Å². The van der Waals surface area contributed by atoms with Gasteiger partial charge in [0.2, 0.25) is 0 Å². The molecule has 1 heterocycles. The van der Waals surface area contributed by atoms with Crippen molar-refractivity contribution in [1.29, 1.82) is 0 Å². The monoisotopic (exact) mass is 179 g/mol. The van der Waals surface area contributed by atoms with Crippen molar-refractivity contribution >= 4 is 5.97 Å². The Morgan fingerprint density at radius 2 is 2.00 bits per heavy atom.